The van der Waals surface area contributed by atoms with Crippen LogP contribution in [0.25, 0.3) is 11.3 Å². The number of rotatable bonds is 4. The fourth-order valence-electron chi connectivity index (χ4n) is 3.53. The number of hydrogen-bond acceptors (Lipinski definition) is 4. The van der Waals surface area contributed by atoms with E-state index in [0.717, 1.165) is 28.9 Å². The van der Waals surface area contributed by atoms with Crippen LogP contribution in [-0.4, -0.2) is 23.3 Å². The van der Waals surface area contributed by atoms with Crippen LogP contribution in [-0.2, 0) is 11.2 Å². The number of hydrogen-bond donors (Lipinski definition) is 1. The summed E-state index contributed by atoms with van der Waals surface area (Å²) in [5, 5.41) is 5.43. The molecule has 2 amide bonds. The molecule has 0 unspecified atom stereocenters. The molecule has 0 atom stereocenters. The second-order valence-electron chi connectivity index (χ2n) is 7.28. The molecule has 5 nitrogen and oxygen atoms in total. The topological polar surface area (TPSA) is 62.3 Å². The summed E-state index contributed by atoms with van der Waals surface area (Å²) in [5.41, 5.74) is 6.90. The van der Waals surface area contributed by atoms with Gasteiger partial charge in [-0.15, -0.1) is 11.3 Å². The summed E-state index contributed by atoms with van der Waals surface area (Å²) in [5.74, 6) is -0.0725. The monoisotopic (exact) mass is 405 g/mol. The first kappa shape index (κ1) is 19.3. The Kier molecular flexibility index (Phi) is 5.20. The minimum absolute atomic E-state index is 0.114. The second kappa shape index (κ2) is 7.79. The molecule has 0 bridgehead atoms. The number of thiazole rings is 1. The number of nitrogens with zero attached hydrogens (tertiary/aromatic N) is 2. The van der Waals surface area contributed by atoms with Gasteiger partial charge in [-0.05, 0) is 61.2 Å². The first-order valence-corrected chi connectivity index (χ1v) is 10.6. The summed E-state index contributed by atoms with van der Waals surface area (Å²) in [7, 11) is 0. The highest BCUT2D eigenvalue weighted by Gasteiger charge is 2.24. The van der Waals surface area contributed by atoms with Crippen LogP contribution >= 0.6 is 11.3 Å². The first-order valence-electron chi connectivity index (χ1n) is 9.74. The van der Waals surface area contributed by atoms with Crippen LogP contribution in [0.5, 0.6) is 0 Å². The predicted molar refractivity (Wildman–Crippen MR) is 118 cm³/mol. The molecule has 29 heavy (non-hydrogen) atoms. The Labute approximate surface area is 174 Å². The van der Waals surface area contributed by atoms with E-state index in [9.17, 15) is 9.59 Å². The molecule has 148 valence electrons. The Morgan fingerprint density at radius 3 is 2.72 bits per heavy atom. The highest BCUT2D eigenvalue weighted by Crippen LogP contribution is 2.30. The lowest BCUT2D eigenvalue weighted by molar-refractivity contribution is -0.118. The molecule has 1 aromatic heterocycles. The van der Waals surface area contributed by atoms with Gasteiger partial charge in [-0.25, -0.2) is 4.98 Å². The summed E-state index contributed by atoms with van der Waals surface area (Å²) in [6, 6.07) is 11.8. The Morgan fingerprint density at radius 2 is 1.97 bits per heavy atom. The van der Waals surface area contributed by atoms with Crippen molar-refractivity contribution in [2.24, 2.45) is 0 Å². The van der Waals surface area contributed by atoms with Gasteiger partial charge >= 0.3 is 0 Å². The normalized spacial score (nSPS) is 12.7. The Bertz CT molecular complexity index is 1100. The number of anilines is 2. The molecule has 1 aliphatic rings. The smallest absolute Gasteiger partial charge is 0.257 e. The average Bonchev–Trinajstić information content (AvgIpc) is 3.36. The van der Waals surface area contributed by atoms with Crippen LogP contribution in [0.3, 0.4) is 0 Å². The summed E-state index contributed by atoms with van der Waals surface area (Å²) in [6.07, 6.45) is 1.25. The lowest BCUT2D eigenvalue weighted by Crippen LogP contribution is -2.27. The van der Waals surface area contributed by atoms with Crippen molar-refractivity contribution in [3.63, 3.8) is 0 Å². The number of nitrogens with one attached hydrogen (secondary N) is 1. The summed E-state index contributed by atoms with van der Waals surface area (Å²) in [6.45, 7) is 6.71. The zero-order chi connectivity index (χ0) is 20.5. The van der Waals surface area contributed by atoms with Crippen LogP contribution in [0.2, 0.25) is 0 Å². The number of benzene rings is 2. The van der Waals surface area contributed by atoms with E-state index in [1.807, 2.05) is 30.5 Å². The van der Waals surface area contributed by atoms with E-state index in [1.54, 1.807) is 11.0 Å². The maximum Gasteiger partial charge on any atom is 0.257 e. The lowest BCUT2D eigenvalue weighted by Gasteiger charge is -2.16. The molecule has 0 spiro atoms. The van der Waals surface area contributed by atoms with Gasteiger partial charge in [-0.1, -0.05) is 19.1 Å². The zero-order valence-corrected chi connectivity index (χ0v) is 17.6. The minimum Gasteiger partial charge on any atom is -0.312 e. The molecule has 1 aliphatic heterocycles. The fraction of sp³-hybridized carbons (Fsp3) is 0.261. The van der Waals surface area contributed by atoms with E-state index < -0.39 is 0 Å². The van der Waals surface area contributed by atoms with Gasteiger partial charge in [0.05, 0.1) is 5.69 Å². The number of fused-ring (bicyclic) bond motifs is 1. The molecular formula is C23H23N3O2S. The number of amides is 2. The highest BCUT2D eigenvalue weighted by molar-refractivity contribution is 7.14. The zero-order valence-electron chi connectivity index (χ0n) is 16.8. The van der Waals surface area contributed by atoms with E-state index in [0.29, 0.717) is 23.7 Å². The molecule has 0 fully saturated rings. The van der Waals surface area contributed by atoms with Crippen LogP contribution in [0.15, 0.2) is 41.8 Å². The van der Waals surface area contributed by atoms with Crippen LogP contribution in [0, 0.1) is 13.8 Å². The van der Waals surface area contributed by atoms with Gasteiger partial charge in [-0.3, -0.25) is 14.9 Å². The molecule has 6 heteroatoms. The van der Waals surface area contributed by atoms with Crippen molar-refractivity contribution in [3.8, 4) is 11.3 Å². The minimum atomic E-state index is -0.186. The molecule has 0 saturated heterocycles. The largest absolute Gasteiger partial charge is 0.312 e. The van der Waals surface area contributed by atoms with Crippen LogP contribution in [0.1, 0.15) is 40.4 Å². The highest BCUT2D eigenvalue weighted by atomic mass is 32.1. The van der Waals surface area contributed by atoms with Crippen molar-refractivity contribution in [2.75, 3.05) is 16.8 Å². The number of aromatic nitrogens is 1. The molecule has 2 heterocycles. The van der Waals surface area contributed by atoms with Gasteiger partial charge in [0, 0.05) is 35.2 Å². The summed E-state index contributed by atoms with van der Waals surface area (Å²) in [4.78, 5) is 31.1. The molecule has 0 aliphatic carbocycles. The van der Waals surface area contributed by atoms with Gasteiger partial charge < -0.3 is 4.90 Å². The van der Waals surface area contributed by atoms with E-state index in [4.69, 9.17) is 0 Å². The standard InChI is InChI=1S/C23H23N3O2S/c1-4-21(27)26-10-9-17-12-18(7-8-20(17)26)22(28)25-23-24-19(13-29-23)16-6-5-14(2)15(3)11-16/h5-8,11-13H,4,9-10H2,1-3H3,(H,24,25,28). The summed E-state index contributed by atoms with van der Waals surface area (Å²) < 4.78 is 0. The molecule has 1 N–H and O–H groups in total. The van der Waals surface area contributed by atoms with Crippen molar-refractivity contribution in [3.05, 3.63) is 64.0 Å². The maximum absolute atomic E-state index is 12.7. The van der Waals surface area contributed by atoms with Gasteiger partial charge in [-0.2, -0.15) is 0 Å². The van der Waals surface area contributed by atoms with Crippen molar-refractivity contribution >= 4 is 34.0 Å². The molecule has 3 aromatic rings. The molecular weight excluding hydrogens is 382 g/mol. The number of carbonyl (C=O) groups is 2. The van der Waals surface area contributed by atoms with E-state index in [-0.39, 0.29) is 11.8 Å². The Morgan fingerprint density at radius 1 is 1.14 bits per heavy atom. The number of aryl methyl sites for hydroxylation is 2. The fourth-order valence-corrected chi connectivity index (χ4v) is 4.24. The van der Waals surface area contributed by atoms with Gasteiger partial charge in [0.15, 0.2) is 5.13 Å². The van der Waals surface area contributed by atoms with Crippen LogP contribution in [0.4, 0.5) is 10.8 Å². The third-order valence-corrected chi connectivity index (χ3v) is 6.13. The van der Waals surface area contributed by atoms with Gasteiger partial charge in [0.1, 0.15) is 0 Å². The van der Waals surface area contributed by atoms with Gasteiger partial charge in [0.25, 0.3) is 5.91 Å². The Hall–Kier alpha value is -2.99. The predicted octanol–water partition coefficient (Wildman–Crippen LogP) is 4.98. The van der Waals surface area contributed by atoms with Gasteiger partial charge in [0.2, 0.25) is 5.91 Å². The molecule has 4 rings (SSSR count). The second-order valence-corrected chi connectivity index (χ2v) is 8.14. The average molecular weight is 406 g/mol. The Balaban J connectivity index is 1.50. The van der Waals surface area contributed by atoms with Crippen molar-refractivity contribution in [1.82, 2.24) is 4.98 Å². The number of carbonyl (C=O) groups excluding carboxylic acids is 2. The quantitative estimate of drug-likeness (QED) is 0.666. The summed E-state index contributed by atoms with van der Waals surface area (Å²) >= 11 is 1.41. The third kappa shape index (κ3) is 3.80. The maximum atomic E-state index is 12.7. The van der Waals surface area contributed by atoms with Crippen molar-refractivity contribution in [2.45, 2.75) is 33.6 Å². The van der Waals surface area contributed by atoms with E-state index >= 15 is 0 Å². The third-order valence-electron chi connectivity index (χ3n) is 5.37. The molecule has 2 aromatic carbocycles. The van der Waals surface area contributed by atoms with Crippen molar-refractivity contribution in [1.29, 1.82) is 0 Å². The molecule has 0 radical (unpaired) electrons. The van der Waals surface area contributed by atoms with Crippen molar-refractivity contribution < 1.29 is 9.59 Å². The van der Waals surface area contributed by atoms with E-state index in [2.05, 4.69) is 36.3 Å². The molecule has 0 saturated carbocycles. The van der Waals surface area contributed by atoms with Crippen LogP contribution < -0.4 is 10.2 Å². The SMILES string of the molecule is CCC(=O)N1CCc2cc(C(=O)Nc3nc(-c4ccc(C)c(C)c4)cs3)ccc21. The van der Waals surface area contributed by atoms with E-state index in [1.165, 1.54) is 22.5 Å². The first-order chi connectivity index (χ1) is 14.0. The lowest BCUT2D eigenvalue weighted by atomic mass is 10.1.